The zero-order valence-corrected chi connectivity index (χ0v) is 9.63. The van der Waals surface area contributed by atoms with Crippen molar-refractivity contribution in [3.63, 3.8) is 0 Å². The Bertz CT molecular complexity index is 168. The van der Waals surface area contributed by atoms with E-state index in [2.05, 4.69) is 13.8 Å². The second-order valence-corrected chi connectivity index (χ2v) is 4.98. The summed E-state index contributed by atoms with van der Waals surface area (Å²) in [5.41, 5.74) is 5.26. The minimum Gasteiger partial charge on any atom is -0.390 e. The monoisotopic (exact) mass is 199 g/mol. The molecule has 0 bridgehead atoms. The third kappa shape index (κ3) is 2.71. The molecule has 2 heteroatoms. The molecule has 0 aromatic rings. The molecule has 3 N–H and O–H groups in total. The van der Waals surface area contributed by atoms with Gasteiger partial charge in [-0.3, -0.25) is 0 Å². The Morgan fingerprint density at radius 3 is 2.71 bits per heavy atom. The average molecular weight is 199 g/mol. The second kappa shape index (κ2) is 5.13. The number of rotatable bonds is 3. The molecular weight excluding hydrogens is 174 g/mol. The van der Waals surface area contributed by atoms with Crippen LogP contribution in [0.1, 0.15) is 52.4 Å². The second-order valence-electron chi connectivity index (χ2n) is 4.98. The lowest BCUT2D eigenvalue weighted by molar-refractivity contribution is -0.0308. The molecule has 0 spiro atoms. The molecule has 0 aromatic heterocycles. The first-order valence-corrected chi connectivity index (χ1v) is 6.05. The lowest BCUT2D eigenvalue weighted by atomic mass is 9.79. The van der Waals surface area contributed by atoms with E-state index in [1.54, 1.807) is 0 Å². The van der Waals surface area contributed by atoms with E-state index in [1.807, 2.05) is 0 Å². The summed E-state index contributed by atoms with van der Waals surface area (Å²) in [5, 5.41) is 10.5. The molecule has 1 fully saturated rings. The lowest BCUT2D eigenvalue weighted by Crippen LogP contribution is -2.41. The van der Waals surface area contributed by atoms with Crippen molar-refractivity contribution in [2.24, 2.45) is 17.6 Å². The van der Waals surface area contributed by atoms with Crippen LogP contribution >= 0.6 is 0 Å². The maximum Gasteiger partial charge on any atom is 0.0687 e. The topological polar surface area (TPSA) is 46.2 Å². The van der Waals surface area contributed by atoms with Crippen LogP contribution in [0.2, 0.25) is 0 Å². The van der Waals surface area contributed by atoms with Crippen LogP contribution < -0.4 is 5.73 Å². The van der Waals surface area contributed by atoms with Gasteiger partial charge in [-0.15, -0.1) is 0 Å². The highest BCUT2D eigenvalue weighted by Crippen LogP contribution is 2.36. The molecule has 84 valence electrons. The molecule has 0 saturated heterocycles. The van der Waals surface area contributed by atoms with Gasteiger partial charge < -0.3 is 10.8 Å². The summed E-state index contributed by atoms with van der Waals surface area (Å²) in [4.78, 5) is 0. The van der Waals surface area contributed by atoms with Gasteiger partial charge >= 0.3 is 0 Å². The average Bonchev–Trinajstić information content (AvgIpc) is 2.32. The molecule has 3 atom stereocenters. The molecule has 0 radical (unpaired) electrons. The van der Waals surface area contributed by atoms with Gasteiger partial charge in [0.2, 0.25) is 0 Å². The maximum atomic E-state index is 10.5. The molecule has 1 rings (SSSR count). The van der Waals surface area contributed by atoms with Crippen molar-refractivity contribution < 1.29 is 5.11 Å². The summed E-state index contributed by atoms with van der Waals surface area (Å²) in [5.74, 6) is 1.08. The normalized spacial score (nSPS) is 36.4. The van der Waals surface area contributed by atoms with Crippen LogP contribution in [-0.4, -0.2) is 17.3 Å². The largest absolute Gasteiger partial charge is 0.390 e. The predicted molar refractivity (Wildman–Crippen MR) is 60.0 cm³/mol. The highest BCUT2D eigenvalue weighted by Gasteiger charge is 2.35. The summed E-state index contributed by atoms with van der Waals surface area (Å²) in [6.07, 6.45) is 6.49. The van der Waals surface area contributed by atoms with Crippen molar-refractivity contribution in [1.82, 2.24) is 0 Å². The highest BCUT2D eigenvalue weighted by molar-refractivity contribution is 4.88. The van der Waals surface area contributed by atoms with Crippen LogP contribution in [0.3, 0.4) is 0 Å². The fourth-order valence-electron chi connectivity index (χ4n) is 2.70. The van der Waals surface area contributed by atoms with Gasteiger partial charge in [-0.2, -0.15) is 0 Å². The molecule has 1 saturated carbocycles. The SMILES string of the molecule is CCC(CN)C1(O)CCCC(C)CC1. The maximum absolute atomic E-state index is 10.5. The van der Waals surface area contributed by atoms with Crippen LogP contribution in [0.15, 0.2) is 0 Å². The lowest BCUT2D eigenvalue weighted by Gasteiger charge is -2.34. The van der Waals surface area contributed by atoms with Crippen LogP contribution in [0.25, 0.3) is 0 Å². The Morgan fingerprint density at radius 1 is 1.43 bits per heavy atom. The van der Waals surface area contributed by atoms with Crippen molar-refractivity contribution in [3.8, 4) is 0 Å². The molecule has 0 aliphatic heterocycles. The van der Waals surface area contributed by atoms with Gasteiger partial charge in [0.15, 0.2) is 0 Å². The van der Waals surface area contributed by atoms with Crippen molar-refractivity contribution >= 4 is 0 Å². The Labute approximate surface area is 87.9 Å². The Morgan fingerprint density at radius 2 is 2.14 bits per heavy atom. The number of hydrogen-bond acceptors (Lipinski definition) is 2. The van der Waals surface area contributed by atoms with E-state index in [0.29, 0.717) is 12.5 Å². The zero-order chi connectivity index (χ0) is 10.6. The third-order valence-corrected chi connectivity index (χ3v) is 3.91. The smallest absolute Gasteiger partial charge is 0.0687 e. The van der Waals surface area contributed by atoms with Crippen molar-refractivity contribution in [3.05, 3.63) is 0 Å². The zero-order valence-electron chi connectivity index (χ0n) is 9.63. The van der Waals surface area contributed by atoms with Crippen LogP contribution in [0.5, 0.6) is 0 Å². The molecule has 3 unspecified atom stereocenters. The van der Waals surface area contributed by atoms with Crippen molar-refractivity contribution in [1.29, 1.82) is 0 Å². The van der Waals surface area contributed by atoms with Gasteiger partial charge in [0, 0.05) is 0 Å². The number of hydrogen-bond donors (Lipinski definition) is 2. The Kier molecular flexibility index (Phi) is 4.39. The molecule has 1 aliphatic carbocycles. The van der Waals surface area contributed by atoms with Gasteiger partial charge in [0.25, 0.3) is 0 Å². The Hall–Kier alpha value is -0.0800. The van der Waals surface area contributed by atoms with E-state index in [-0.39, 0.29) is 0 Å². The quantitative estimate of drug-likeness (QED) is 0.685. The van der Waals surface area contributed by atoms with Crippen molar-refractivity contribution in [2.45, 2.75) is 58.0 Å². The minimum atomic E-state index is -0.464. The predicted octanol–water partition coefficient (Wildman–Crippen LogP) is 2.30. The number of aliphatic hydroxyl groups is 1. The molecule has 2 nitrogen and oxygen atoms in total. The van der Waals surface area contributed by atoms with Gasteiger partial charge in [-0.25, -0.2) is 0 Å². The summed E-state index contributed by atoms with van der Waals surface area (Å²) >= 11 is 0. The Balaban J connectivity index is 2.61. The van der Waals surface area contributed by atoms with E-state index < -0.39 is 5.60 Å². The first kappa shape index (κ1) is 12.0. The molecule has 1 aliphatic rings. The standard InChI is InChI=1S/C12H25NO/c1-3-11(9-13)12(14)7-4-5-10(2)6-8-12/h10-11,14H,3-9,13H2,1-2H3. The summed E-state index contributed by atoms with van der Waals surface area (Å²) in [7, 11) is 0. The molecular formula is C12H25NO. The highest BCUT2D eigenvalue weighted by atomic mass is 16.3. The fraction of sp³-hybridized carbons (Fsp3) is 1.00. The van der Waals surface area contributed by atoms with Gasteiger partial charge in [0.1, 0.15) is 0 Å². The van der Waals surface area contributed by atoms with Crippen LogP contribution in [0.4, 0.5) is 0 Å². The molecule has 0 heterocycles. The van der Waals surface area contributed by atoms with Crippen LogP contribution in [-0.2, 0) is 0 Å². The van der Waals surface area contributed by atoms with E-state index in [0.717, 1.165) is 38.0 Å². The number of nitrogens with two attached hydrogens (primary N) is 1. The van der Waals surface area contributed by atoms with Gasteiger partial charge in [0.05, 0.1) is 5.60 Å². The first-order chi connectivity index (χ1) is 6.62. The summed E-state index contributed by atoms with van der Waals surface area (Å²) in [6, 6.07) is 0. The minimum absolute atomic E-state index is 0.299. The van der Waals surface area contributed by atoms with E-state index >= 15 is 0 Å². The van der Waals surface area contributed by atoms with Gasteiger partial charge in [-0.05, 0) is 44.1 Å². The van der Waals surface area contributed by atoms with Gasteiger partial charge in [-0.1, -0.05) is 26.7 Å². The van der Waals surface area contributed by atoms with E-state index in [9.17, 15) is 5.11 Å². The molecule has 0 aromatic carbocycles. The third-order valence-electron chi connectivity index (χ3n) is 3.91. The molecule has 0 amide bonds. The van der Waals surface area contributed by atoms with Crippen molar-refractivity contribution in [2.75, 3.05) is 6.54 Å². The summed E-state index contributed by atoms with van der Waals surface area (Å²) < 4.78 is 0. The molecule has 14 heavy (non-hydrogen) atoms. The first-order valence-electron chi connectivity index (χ1n) is 6.05. The van der Waals surface area contributed by atoms with E-state index in [1.165, 1.54) is 6.42 Å². The fourth-order valence-corrected chi connectivity index (χ4v) is 2.70. The van der Waals surface area contributed by atoms with E-state index in [4.69, 9.17) is 5.73 Å². The van der Waals surface area contributed by atoms with Crippen LogP contribution in [0, 0.1) is 11.8 Å². The summed E-state index contributed by atoms with van der Waals surface area (Å²) in [6.45, 7) is 5.04.